The first kappa shape index (κ1) is 29.0. The maximum absolute atomic E-state index is 12.9. The third-order valence-corrected chi connectivity index (χ3v) is 7.59. The third kappa shape index (κ3) is 5.77. The van der Waals surface area contributed by atoms with E-state index in [-0.39, 0.29) is 11.8 Å². The number of halogens is 2. The molecule has 0 radical (unpaired) electrons. The summed E-state index contributed by atoms with van der Waals surface area (Å²) in [5, 5.41) is 29.0. The SMILES string of the molecule is CC1=NN(c2ccccc2)C(=O)[C@H]1N=Nc1ccc(-c2ccc(N=N[C@H]3C(=O)N(c4ccccc4)N=C3C)c(Cl)c2)cc1Cl. The fourth-order valence-corrected chi connectivity index (χ4v) is 5.10. The second kappa shape index (κ2) is 12.3. The van der Waals surface area contributed by atoms with Crippen LogP contribution in [0, 0.1) is 0 Å². The molecule has 0 aromatic heterocycles. The average molecular weight is 624 g/mol. The molecule has 6 rings (SSSR count). The molecular formula is C32H24Cl2N8O2. The van der Waals surface area contributed by atoms with Crippen LogP contribution in [0.3, 0.4) is 0 Å². The second-order valence-corrected chi connectivity index (χ2v) is 10.8. The van der Waals surface area contributed by atoms with Gasteiger partial charge < -0.3 is 0 Å². The first-order valence-corrected chi connectivity index (χ1v) is 14.3. The molecule has 0 fully saturated rings. The molecule has 10 nitrogen and oxygen atoms in total. The van der Waals surface area contributed by atoms with E-state index in [1.165, 1.54) is 10.0 Å². The molecule has 2 atom stereocenters. The standard InChI is InChI=1S/C32H24Cl2N8O2/c1-19-29(31(43)41(39-19)23-9-5-3-6-10-23)37-35-27-15-13-21(17-25(27)33)22-14-16-28(26(34)18-22)36-38-30-20(2)40-42(32(30)44)24-11-7-4-8-12-24/h3-18,29-30H,1-2H3/t29-,30+. The monoisotopic (exact) mass is 622 g/mol. The van der Waals surface area contributed by atoms with Crippen LogP contribution in [-0.2, 0) is 9.59 Å². The van der Waals surface area contributed by atoms with Crippen LogP contribution in [0.25, 0.3) is 11.1 Å². The van der Waals surface area contributed by atoms with Crippen molar-refractivity contribution in [2.75, 3.05) is 10.0 Å². The van der Waals surface area contributed by atoms with Gasteiger partial charge in [-0.05, 0) is 73.5 Å². The van der Waals surface area contributed by atoms with Crippen molar-refractivity contribution in [3.05, 3.63) is 107 Å². The highest BCUT2D eigenvalue weighted by Gasteiger charge is 2.35. The fourth-order valence-electron chi connectivity index (χ4n) is 4.66. The van der Waals surface area contributed by atoms with Crippen LogP contribution in [0.4, 0.5) is 22.7 Å². The van der Waals surface area contributed by atoms with Gasteiger partial charge in [-0.25, -0.2) is 0 Å². The second-order valence-electron chi connectivity index (χ2n) is 10.0. The number of hydrazone groups is 2. The number of hydrogen-bond donors (Lipinski definition) is 0. The van der Waals surface area contributed by atoms with Crippen LogP contribution in [0.1, 0.15) is 13.8 Å². The van der Waals surface area contributed by atoms with E-state index in [1.54, 1.807) is 62.4 Å². The Labute approximate surface area is 263 Å². The molecule has 12 heteroatoms. The van der Waals surface area contributed by atoms with Crippen molar-refractivity contribution in [2.24, 2.45) is 30.7 Å². The van der Waals surface area contributed by atoms with E-state index in [2.05, 4.69) is 30.7 Å². The van der Waals surface area contributed by atoms with E-state index < -0.39 is 12.1 Å². The zero-order chi connectivity index (χ0) is 30.8. The van der Waals surface area contributed by atoms with Gasteiger partial charge in [0.25, 0.3) is 11.8 Å². The summed E-state index contributed by atoms with van der Waals surface area (Å²) in [5.74, 6) is -0.573. The van der Waals surface area contributed by atoms with Crippen LogP contribution >= 0.6 is 23.2 Å². The van der Waals surface area contributed by atoms with Crippen molar-refractivity contribution in [1.29, 1.82) is 0 Å². The Kier molecular flexibility index (Phi) is 8.10. The molecule has 0 bridgehead atoms. The Morgan fingerprint density at radius 2 is 0.977 bits per heavy atom. The van der Waals surface area contributed by atoms with E-state index in [0.717, 1.165) is 11.1 Å². The Hall–Kier alpha value is -5.06. The van der Waals surface area contributed by atoms with Crippen molar-refractivity contribution in [1.82, 2.24) is 0 Å². The van der Waals surface area contributed by atoms with Gasteiger partial charge >= 0.3 is 0 Å². The van der Waals surface area contributed by atoms with Gasteiger partial charge in [0, 0.05) is 0 Å². The summed E-state index contributed by atoms with van der Waals surface area (Å²) in [4.78, 5) is 25.8. The van der Waals surface area contributed by atoms with Gasteiger partial charge in [-0.1, -0.05) is 71.7 Å². The highest BCUT2D eigenvalue weighted by atomic mass is 35.5. The molecule has 218 valence electrons. The molecule has 0 spiro atoms. The molecule has 0 unspecified atom stereocenters. The molecule has 4 aromatic rings. The molecule has 2 amide bonds. The quantitative estimate of drug-likeness (QED) is 0.192. The summed E-state index contributed by atoms with van der Waals surface area (Å²) in [5.41, 5.74) is 4.80. The number of anilines is 2. The molecular weight excluding hydrogens is 599 g/mol. The van der Waals surface area contributed by atoms with Gasteiger partial charge in [-0.2, -0.15) is 40.7 Å². The van der Waals surface area contributed by atoms with Crippen molar-refractivity contribution in [3.63, 3.8) is 0 Å². The normalized spacial score (nSPS) is 18.5. The predicted molar refractivity (Wildman–Crippen MR) is 173 cm³/mol. The van der Waals surface area contributed by atoms with Crippen molar-refractivity contribution < 1.29 is 9.59 Å². The largest absolute Gasteiger partial charge is 0.280 e. The predicted octanol–water partition coefficient (Wildman–Crippen LogP) is 8.41. The smallest absolute Gasteiger partial charge is 0.269 e. The summed E-state index contributed by atoms with van der Waals surface area (Å²) in [7, 11) is 0. The van der Waals surface area contributed by atoms with E-state index >= 15 is 0 Å². The lowest BCUT2D eigenvalue weighted by Crippen LogP contribution is -2.29. The maximum Gasteiger partial charge on any atom is 0.280 e. The Balaban J connectivity index is 1.14. The maximum atomic E-state index is 12.9. The number of amides is 2. The van der Waals surface area contributed by atoms with Crippen molar-refractivity contribution >= 4 is 69.2 Å². The molecule has 2 heterocycles. The Morgan fingerprint density at radius 1 is 0.591 bits per heavy atom. The number of nitrogens with zero attached hydrogens (tertiary/aromatic N) is 8. The summed E-state index contributed by atoms with van der Waals surface area (Å²) in [6.07, 6.45) is 0. The van der Waals surface area contributed by atoms with Crippen LogP contribution in [0.15, 0.2) is 128 Å². The molecule has 0 N–H and O–H groups in total. The zero-order valence-corrected chi connectivity index (χ0v) is 25.1. The highest BCUT2D eigenvalue weighted by molar-refractivity contribution is 6.34. The van der Waals surface area contributed by atoms with Crippen molar-refractivity contribution in [3.8, 4) is 11.1 Å². The van der Waals surface area contributed by atoms with E-state index in [4.69, 9.17) is 23.2 Å². The Morgan fingerprint density at radius 3 is 1.34 bits per heavy atom. The first-order chi connectivity index (χ1) is 21.3. The molecule has 2 aliphatic rings. The van der Waals surface area contributed by atoms with Gasteiger partial charge in [-0.15, -0.1) is 0 Å². The van der Waals surface area contributed by atoms with Crippen LogP contribution in [0.2, 0.25) is 10.0 Å². The zero-order valence-electron chi connectivity index (χ0n) is 23.5. The summed E-state index contributed by atoms with van der Waals surface area (Å²) < 4.78 is 0. The minimum atomic E-state index is -0.831. The summed E-state index contributed by atoms with van der Waals surface area (Å²) >= 11 is 13.1. The number of para-hydroxylation sites is 2. The molecule has 4 aromatic carbocycles. The van der Waals surface area contributed by atoms with Crippen LogP contribution in [-0.4, -0.2) is 35.3 Å². The summed E-state index contributed by atoms with van der Waals surface area (Å²) in [6, 6.07) is 27.2. The molecule has 0 saturated carbocycles. The van der Waals surface area contributed by atoms with Gasteiger partial charge in [-0.3, -0.25) is 9.59 Å². The van der Waals surface area contributed by atoms with Gasteiger partial charge in [0.1, 0.15) is 11.4 Å². The average Bonchev–Trinajstić information content (AvgIpc) is 3.49. The summed E-state index contributed by atoms with van der Waals surface area (Å²) in [6.45, 7) is 3.48. The first-order valence-electron chi connectivity index (χ1n) is 13.6. The highest BCUT2D eigenvalue weighted by Crippen LogP contribution is 2.35. The Bertz CT molecular complexity index is 1740. The number of rotatable bonds is 7. The van der Waals surface area contributed by atoms with Crippen LogP contribution in [0.5, 0.6) is 0 Å². The van der Waals surface area contributed by atoms with E-state index in [0.29, 0.717) is 44.2 Å². The minimum absolute atomic E-state index is 0.287. The molecule has 0 aliphatic carbocycles. The van der Waals surface area contributed by atoms with Gasteiger partial charge in [0.2, 0.25) is 0 Å². The molecule has 2 aliphatic heterocycles. The minimum Gasteiger partial charge on any atom is -0.269 e. The lowest BCUT2D eigenvalue weighted by Gasteiger charge is -2.12. The number of azo groups is 2. The third-order valence-electron chi connectivity index (χ3n) is 6.98. The van der Waals surface area contributed by atoms with E-state index in [1.807, 2.05) is 48.5 Å². The van der Waals surface area contributed by atoms with Gasteiger partial charge in [0.05, 0.1) is 32.8 Å². The lowest BCUT2D eigenvalue weighted by molar-refractivity contribution is -0.118. The molecule has 0 saturated heterocycles. The van der Waals surface area contributed by atoms with Gasteiger partial charge in [0.15, 0.2) is 12.1 Å². The van der Waals surface area contributed by atoms with E-state index in [9.17, 15) is 9.59 Å². The number of carbonyl (C=O) groups is 2. The lowest BCUT2D eigenvalue weighted by atomic mass is 10.0. The topological polar surface area (TPSA) is 115 Å². The van der Waals surface area contributed by atoms with Crippen LogP contribution < -0.4 is 10.0 Å². The van der Waals surface area contributed by atoms with Crippen molar-refractivity contribution in [2.45, 2.75) is 25.9 Å². The number of carbonyl (C=O) groups excluding carboxylic acids is 2. The molecule has 44 heavy (non-hydrogen) atoms. The fraction of sp³-hybridized carbons (Fsp3) is 0.125. The number of benzene rings is 4. The number of hydrogen-bond acceptors (Lipinski definition) is 8.